The number of Topliss-reactive ketones (excluding diaryl/α,β-unsaturated/α-hetero) is 1. The van der Waals surface area contributed by atoms with Crippen LogP contribution < -0.4 is 0 Å². The first-order chi connectivity index (χ1) is 14.2. The normalized spacial score (nSPS) is 45.5. The molecule has 1 aromatic heterocycles. The van der Waals surface area contributed by atoms with Gasteiger partial charge in [-0.15, -0.1) is 0 Å². The molecule has 1 saturated heterocycles. The minimum atomic E-state index is -0.826. The summed E-state index contributed by atoms with van der Waals surface area (Å²) in [5.41, 5.74) is 2.27. The lowest BCUT2D eigenvalue weighted by Crippen LogP contribution is -2.43. The largest absolute Gasteiger partial charge is 0.469 e. The van der Waals surface area contributed by atoms with Gasteiger partial charge in [0, 0.05) is 35.8 Å². The first-order valence-corrected chi connectivity index (χ1v) is 11.5. The highest BCUT2D eigenvalue weighted by molar-refractivity contribution is 6.02. The Labute approximate surface area is 178 Å². The first-order valence-electron chi connectivity index (χ1n) is 11.5. The molecule has 1 N–H and O–H groups in total. The van der Waals surface area contributed by atoms with Gasteiger partial charge in [0.15, 0.2) is 11.6 Å². The number of rotatable bonds is 3. The Morgan fingerprint density at radius 3 is 2.67 bits per heavy atom. The molecule has 4 aliphatic rings. The van der Waals surface area contributed by atoms with E-state index in [1.54, 1.807) is 6.26 Å². The highest BCUT2D eigenvalue weighted by atomic mass is 16.7. The molecule has 1 aromatic rings. The average molecular weight is 415 g/mol. The Hall–Kier alpha value is -1.43. The van der Waals surface area contributed by atoms with Gasteiger partial charge in [0.05, 0.1) is 24.6 Å². The van der Waals surface area contributed by atoms with Crippen molar-refractivity contribution in [1.29, 1.82) is 0 Å². The number of ether oxygens (including phenoxy) is 2. The number of hydrogen-bond donors (Lipinski definition) is 1. The number of carbonyl (C=O) groups excluding carboxylic acids is 1. The fourth-order valence-corrected chi connectivity index (χ4v) is 6.95. The minimum absolute atomic E-state index is 0.0408. The molecule has 0 amide bonds. The highest BCUT2D eigenvalue weighted by Crippen LogP contribution is 2.61. The molecule has 5 rings (SSSR count). The van der Waals surface area contributed by atoms with Gasteiger partial charge >= 0.3 is 0 Å². The number of aliphatic hydroxyl groups excluding tert-OH is 1. The predicted octanol–water partition coefficient (Wildman–Crippen LogP) is 4.21. The summed E-state index contributed by atoms with van der Waals surface area (Å²) in [7, 11) is 0. The molecule has 1 saturated carbocycles. The molecule has 0 bridgehead atoms. The zero-order valence-corrected chi connectivity index (χ0v) is 18.7. The fraction of sp³-hybridized carbons (Fsp3) is 0.720. The number of aliphatic hydroxyl groups is 1. The van der Waals surface area contributed by atoms with Gasteiger partial charge in [-0.05, 0) is 56.1 Å². The molecule has 2 fully saturated rings. The number of hydrogen-bond acceptors (Lipinski definition) is 5. The second-order valence-electron chi connectivity index (χ2n) is 10.6. The zero-order valence-electron chi connectivity index (χ0n) is 18.7. The summed E-state index contributed by atoms with van der Waals surface area (Å²) in [6.07, 6.45) is 4.13. The van der Waals surface area contributed by atoms with Crippen molar-refractivity contribution < 1.29 is 23.8 Å². The van der Waals surface area contributed by atoms with E-state index < -0.39 is 17.5 Å². The lowest BCUT2D eigenvalue weighted by Gasteiger charge is -2.39. The summed E-state index contributed by atoms with van der Waals surface area (Å²) in [6.45, 7) is 11.2. The van der Waals surface area contributed by atoms with Crippen LogP contribution in [0.15, 0.2) is 27.9 Å². The van der Waals surface area contributed by atoms with Gasteiger partial charge in [-0.2, -0.15) is 0 Å². The number of furan rings is 1. The maximum absolute atomic E-state index is 13.9. The highest BCUT2D eigenvalue weighted by Gasteiger charge is 2.65. The Morgan fingerprint density at radius 2 is 2.03 bits per heavy atom. The van der Waals surface area contributed by atoms with Crippen molar-refractivity contribution in [3.8, 4) is 0 Å². The predicted molar refractivity (Wildman–Crippen MR) is 112 cm³/mol. The van der Waals surface area contributed by atoms with Crippen molar-refractivity contribution in [2.24, 2.45) is 29.6 Å². The van der Waals surface area contributed by atoms with Crippen LogP contribution >= 0.6 is 0 Å². The molecule has 2 aliphatic carbocycles. The van der Waals surface area contributed by atoms with Crippen LogP contribution in [0.5, 0.6) is 0 Å². The fourth-order valence-electron chi connectivity index (χ4n) is 6.95. The van der Waals surface area contributed by atoms with E-state index in [1.807, 2.05) is 13.0 Å². The van der Waals surface area contributed by atoms with E-state index >= 15 is 0 Å². The second kappa shape index (κ2) is 6.78. The zero-order chi connectivity index (χ0) is 21.4. The molecular weight excluding hydrogens is 380 g/mol. The summed E-state index contributed by atoms with van der Waals surface area (Å²) in [4.78, 5) is 13.9. The number of carbonyl (C=O) groups is 1. The molecule has 0 aromatic carbocycles. The van der Waals surface area contributed by atoms with Crippen LogP contribution in [-0.4, -0.2) is 35.0 Å². The van der Waals surface area contributed by atoms with E-state index in [1.165, 1.54) is 0 Å². The summed E-state index contributed by atoms with van der Waals surface area (Å²) >= 11 is 0. The van der Waals surface area contributed by atoms with Gasteiger partial charge in [-0.3, -0.25) is 4.79 Å². The molecule has 3 heterocycles. The van der Waals surface area contributed by atoms with Crippen LogP contribution in [0.4, 0.5) is 0 Å². The lowest BCUT2D eigenvalue weighted by molar-refractivity contribution is -0.218. The standard InChI is InChI=1S/C25H34O5/c1-13-11-25(29-12-13)21-16(4)20-17(26)10-15(3)19(20)23(27)22(21)24(5,30-25)8-6-18-14(2)7-9-28-18/h7,9,13,15-17,19-20,26H,6,8,10-12H2,1-5H3/t13-,15+,16-,17+,19-,20+,24-,25-/m1/s1. The van der Waals surface area contributed by atoms with Gasteiger partial charge in [-0.25, -0.2) is 0 Å². The van der Waals surface area contributed by atoms with Crippen LogP contribution in [0.1, 0.15) is 58.3 Å². The molecule has 0 unspecified atom stereocenters. The van der Waals surface area contributed by atoms with Gasteiger partial charge < -0.3 is 19.0 Å². The Kier molecular flexibility index (Phi) is 4.63. The lowest BCUT2D eigenvalue weighted by atomic mass is 9.64. The molecule has 2 aliphatic heterocycles. The summed E-state index contributed by atoms with van der Waals surface area (Å²) in [5.74, 6) is 0.759. The topological polar surface area (TPSA) is 68.9 Å². The number of aryl methyl sites for hydroxylation is 2. The Morgan fingerprint density at radius 1 is 1.27 bits per heavy atom. The molecule has 30 heavy (non-hydrogen) atoms. The van der Waals surface area contributed by atoms with E-state index in [2.05, 4.69) is 27.7 Å². The van der Waals surface area contributed by atoms with Gasteiger partial charge in [0.1, 0.15) is 5.76 Å². The van der Waals surface area contributed by atoms with E-state index in [-0.39, 0.29) is 29.5 Å². The average Bonchev–Trinajstić information content (AvgIpc) is 3.39. The molecule has 164 valence electrons. The Bertz CT molecular complexity index is 899. The van der Waals surface area contributed by atoms with Crippen molar-refractivity contribution in [2.45, 2.75) is 77.8 Å². The summed E-state index contributed by atoms with van der Waals surface area (Å²) in [6, 6.07) is 1.97. The van der Waals surface area contributed by atoms with Crippen LogP contribution in [0.2, 0.25) is 0 Å². The molecule has 5 heteroatoms. The van der Waals surface area contributed by atoms with Gasteiger partial charge in [-0.1, -0.05) is 20.8 Å². The SMILES string of the molecule is Cc1ccoc1CC[C@@]1(C)O[C@]2(C[C@@H](C)CO2)C2=C1C(=O)[C@H]1[C@H]([C@@H](O)C[C@@H]1C)[C@H]2C. The maximum atomic E-state index is 13.9. The van der Waals surface area contributed by atoms with Crippen LogP contribution in [0.25, 0.3) is 0 Å². The summed E-state index contributed by atoms with van der Waals surface area (Å²) in [5, 5.41) is 10.8. The van der Waals surface area contributed by atoms with E-state index in [0.717, 1.165) is 28.9 Å². The van der Waals surface area contributed by atoms with Crippen LogP contribution in [0.3, 0.4) is 0 Å². The third kappa shape index (κ3) is 2.74. The number of ketones is 1. The second-order valence-corrected chi connectivity index (χ2v) is 10.6. The monoisotopic (exact) mass is 414 g/mol. The van der Waals surface area contributed by atoms with E-state index in [0.29, 0.717) is 31.8 Å². The molecule has 8 atom stereocenters. The molecule has 0 radical (unpaired) electrons. The van der Waals surface area contributed by atoms with Crippen molar-refractivity contribution in [2.75, 3.05) is 6.61 Å². The maximum Gasteiger partial charge on any atom is 0.193 e. The van der Waals surface area contributed by atoms with Gasteiger partial charge in [0.2, 0.25) is 0 Å². The van der Waals surface area contributed by atoms with E-state index in [4.69, 9.17) is 13.9 Å². The van der Waals surface area contributed by atoms with Crippen molar-refractivity contribution in [3.05, 3.63) is 34.8 Å². The summed E-state index contributed by atoms with van der Waals surface area (Å²) < 4.78 is 18.8. The molecular formula is C25H34O5. The van der Waals surface area contributed by atoms with Crippen molar-refractivity contribution in [1.82, 2.24) is 0 Å². The Balaban J connectivity index is 1.58. The third-order valence-corrected chi connectivity index (χ3v) is 8.28. The van der Waals surface area contributed by atoms with Crippen LogP contribution in [-0.2, 0) is 20.7 Å². The van der Waals surface area contributed by atoms with Gasteiger partial charge in [0.25, 0.3) is 0 Å². The minimum Gasteiger partial charge on any atom is -0.469 e. The quantitative estimate of drug-likeness (QED) is 0.802. The molecule has 1 spiro atoms. The molecule has 5 nitrogen and oxygen atoms in total. The smallest absolute Gasteiger partial charge is 0.193 e. The third-order valence-electron chi connectivity index (χ3n) is 8.28. The van der Waals surface area contributed by atoms with Crippen LogP contribution in [0, 0.1) is 36.5 Å². The van der Waals surface area contributed by atoms with Crippen molar-refractivity contribution in [3.63, 3.8) is 0 Å². The van der Waals surface area contributed by atoms with Crippen molar-refractivity contribution >= 4 is 5.78 Å². The first kappa shape index (κ1) is 20.5. The number of fused-ring (bicyclic) bond motifs is 2. The van der Waals surface area contributed by atoms with E-state index in [9.17, 15) is 9.90 Å².